The number of nitrogens with one attached hydrogen (secondary N) is 1. The lowest BCUT2D eigenvalue weighted by Crippen LogP contribution is -2.37. The Labute approximate surface area is 282 Å². The van der Waals surface area contributed by atoms with Gasteiger partial charge in [-0.3, -0.25) is 14.4 Å². The number of thioether (sulfide) groups is 1. The van der Waals surface area contributed by atoms with Crippen LogP contribution in [0.5, 0.6) is 0 Å². The average molecular weight is 675 g/mol. The minimum atomic E-state index is -3.73. The van der Waals surface area contributed by atoms with Gasteiger partial charge in [-0.05, 0) is 102 Å². The van der Waals surface area contributed by atoms with Gasteiger partial charge in [0.1, 0.15) is 0 Å². The molecule has 0 bridgehead atoms. The highest BCUT2D eigenvalue weighted by molar-refractivity contribution is 7.99. The lowest BCUT2D eigenvalue weighted by Gasteiger charge is -2.38. The molecular formula is C36H42N4O3S3. The maximum atomic E-state index is 12.9. The molecule has 10 heteroatoms. The predicted molar refractivity (Wildman–Crippen MR) is 191 cm³/mol. The van der Waals surface area contributed by atoms with Gasteiger partial charge in [0.2, 0.25) is 10.0 Å². The molecule has 0 aromatic heterocycles. The quantitative estimate of drug-likeness (QED) is 0.115. The molecule has 4 aromatic carbocycles. The zero-order chi connectivity index (χ0) is 32.6. The second-order valence-corrected chi connectivity index (χ2v) is 16.0. The van der Waals surface area contributed by atoms with E-state index in [1.165, 1.54) is 35.4 Å². The zero-order valence-corrected chi connectivity index (χ0v) is 28.8. The van der Waals surface area contributed by atoms with Crippen LogP contribution in [0.15, 0.2) is 118 Å². The summed E-state index contributed by atoms with van der Waals surface area (Å²) in [6.07, 6.45) is 2.35. The molecule has 5 rings (SSSR count). The van der Waals surface area contributed by atoms with E-state index in [9.17, 15) is 13.2 Å². The third-order valence-electron chi connectivity index (χ3n) is 8.28. The SMILES string of the molecule is CC1(C)CCN(c2ccc(C(=O)NSc3ccc(CN(CCSc4ccccc4)Cc4ccc(S(N)(=O)=O)cc4)cc3)cc2)CC1. The monoisotopic (exact) mass is 674 g/mol. The molecule has 46 heavy (non-hydrogen) atoms. The van der Waals surface area contributed by atoms with Crippen LogP contribution < -0.4 is 14.8 Å². The lowest BCUT2D eigenvalue weighted by molar-refractivity contribution is 0.0984. The Bertz CT molecular complexity index is 1670. The third kappa shape index (κ3) is 10.1. The molecule has 1 aliphatic heterocycles. The molecule has 0 radical (unpaired) electrons. The number of hydrogen-bond donors (Lipinski definition) is 2. The van der Waals surface area contributed by atoms with Crippen LogP contribution in [-0.4, -0.2) is 44.6 Å². The molecule has 242 valence electrons. The molecule has 1 saturated heterocycles. The van der Waals surface area contributed by atoms with Gasteiger partial charge in [0, 0.05) is 59.5 Å². The van der Waals surface area contributed by atoms with Gasteiger partial charge in [-0.1, -0.05) is 56.3 Å². The van der Waals surface area contributed by atoms with Crippen molar-refractivity contribution in [1.82, 2.24) is 9.62 Å². The van der Waals surface area contributed by atoms with E-state index in [4.69, 9.17) is 5.14 Å². The van der Waals surface area contributed by atoms with E-state index in [0.29, 0.717) is 17.5 Å². The Hall–Kier alpha value is -3.28. The molecule has 1 heterocycles. The molecule has 3 N–H and O–H groups in total. The summed E-state index contributed by atoms with van der Waals surface area (Å²) in [6.45, 7) is 8.98. The van der Waals surface area contributed by atoms with E-state index >= 15 is 0 Å². The summed E-state index contributed by atoms with van der Waals surface area (Å²) in [7, 11) is -3.73. The van der Waals surface area contributed by atoms with Crippen LogP contribution in [0.1, 0.15) is 48.2 Å². The van der Waals surface area contributed by atoms with Crippen molar-refractivity contribution in [2.75, 3.05) is 30.3 Å². The lowest BCUT2D eigenvalue weighted by atomic mass is 9.82. The van der Waals surface area contributed by atoms with Crippen molar-refractivity contribution in [3.63, 3.8) is 0 Å². The first-order valence-corrected chi connectivity index (χ1v) is 18.8. The maximum absolute atomic E-state index is 12.9. The van der Waals surface area contributed by atoms with Crippen LogP contribution >= 0.6 is 23.7 Å². The van der Waals surface area contributed by atoms with Crippen LogP contribution in [0.2, 0.25) is 0 Å². The van der Waals surface area contributed by atoms with Gasteiger partial charge in [0.25, 0.3) is 5.91 Å². The first kappa shape index (κ1) is 34.1. The smallest absolute Gasteiger partial charge is 0.261 e. The molecule has 1 aliphatic rings. The van der Waals surface area contributed by atoms with Crippen LogP contribution in [-0.2, 0) is 23.1 Å². The molecule has 0 spiro atoms. The van der Waals surface area contributed by atoms with Crippen LogP contribution in [0.4, 0.5) is 5.69 Å². The molecular weight excluding hydrogens is 633 g/mol. The number of carbonyl (C=O) groups excluding carboxylic acids is 1. The number of nitrogens with zero attached hydrogens (tertiary/aromatic N) is 2. The van der Waals surface area contributed by atoms with E-state index in [-0.39, 0.29) is 10.8 Å². The zero-order valence-electron chi connectivity index (χ0n) is 26.4. The van der Waals surface area contributed by atoms with Gasteiger partial charge >= 0.3 is 0 Å². The van der Waals surface area contributed by atoms with E-state index in [0.717, 1.165) is 48.0 Å². The normalized spacial score (nSPS) is 14.7. The van der Waals surface area contributed by atoms with Crippen LogP contribution in [0.3, 0.4) is 0 Å². The number of anilines is 1. The van der Waals surface area contributed by atoms with Crippen molar-refractivity contribution >= 4 is 45.3 Å². The van der Waals surface area contributed by atoms with Crippen molar-refractivity contribution in [2.45, 2.75) is 54.5 Å². The highest BCUT2D eigenvalue weighted by Crippen LogP contribution is 2.32. The second-order valence-electron chi connectivity index (χ2n) is 12.4. The third-order valence-corrected chi connectivity index (χ3v) is 11.0. The number of primary sulfonamides is 1. The van der Waals surface area contributed by atoms with Crippen molar-refractivity contribution < 1.29 is 13.2 Å². The fraction of sp³-hybridized carbons (Fsp3) is 0.306. The number of amides is 1. The molecule has 0 unspecified atom stereocenters. The number of hydrogen-bond acceptors (Lipinski definition) is 7. The standard InChI is InChI=1S/C36H42N4O3S3/c1-36(2)20-22-40(23-21-36)31-14-12-30(13-15-31)35(41)38-45-33-16-8-28(9-17-33)26-39(24-25-44-32-6-4-3-5-7-32)27-29-10-18-34(19-11-29)46(37,42)43/h3-19H,20-27H2,1-2H3,(H,38,41)(H2,37,42,43). The summed E-state index contributed by atoms with van der Waals surface area (Å²) in [5.74, 6) is 0.798. The summed E-state index contributed by atoms with van der Waals surface area (Å²) in [6, 6.07) is 33.2. The number of nitrogens with two attached hydrogens (primary N) is 1. The Morgan fingerprint density at radius 1 is 0.826 bits per heavy atom. The van der Waals surface area contributed by atoms with Crippen LogP contribution in [0, 0.1) is 5.41 Å². The fourth-order valence-corrected chi connectivity index (χ4v) is 7.40. The maximum Gasteiger partial charge on any atom is 0.261 e. The summed E-state index contributed by atoms with van der Waals surface area (Å²) in [5, 5.41) is 5.28. The minimum Gasteiger partial charge on any atom is -0.371 e. The largest absolute Gasteiger partial charge is 0.371 e. The summed E-state index contributed by atoms with van der Waals surface area (Å²) in [5.41, 5.74) is 4.38. The number of benzene rings is 4. The Balaban J connectivity index is 1.15. The average Bonchev–Trinajstić information content (AvgIpc) is 3.05. The van der Waals surface area contributed by atoms with Crippen LogP contribution in [0.25, 0.3) is 0 Å². The first-order valence-electron chi connectivity index (χ1n) is 15.5. The van der Waals surface area contributed by atoms with E-state index in [1.807, 2.05) is 78.5 Å². The van der Waals surface area contributed by atoms with E-state index < -0.39 is 10.0 Å². The van der Waals surface area contributed by atoms with Crippen molar-refractivity contribution in [3.8, 4) is 0 Å². The number of piperidine rings is 1. The summed E-state index contributed by atoms with van der Waals surface area (Å²) in [4.78, 5) is 19.9. The van der Waals surface area contributed by atoms with Crippen molar-refractivity contribution in [1.29, 1.82) is 0 Å². The molecule has 7 nitrogen and oxygen atoms in total. The van der Waals surface area contributed by atoms with Crippen molar-refractivity contribution in [2.24, 2.45) is 10.6 Å². The Morgan fingerprint density at radius 2 is 1.41 bits per heavy atom. The van der Waals surface area contributed by atoms with Gasteiger partial charge in [-0.25, -0.2) is 13.6 Å². The van der Waals surface area contributed by atoms with Crippen molar-refractivity contribution in [3.05, 3.63) is 120 Å². The second kappa shape index (κ2) is 15.5. The topological polar surface area (TPSA) is 95.7 Å². The molecule has 1 amide bonds. The highest BCUT2D eigenvalue weighted by Gasteiger charge is 2.25. The highest BCUT2D eigenvalue weighted by atomic mass is 32.2. The number of carbonyl (C=O) groups is 1. The molecule has 4 aromatic rings. The molecule has 0 aliphatic carbocycles. The van der Waals surface area contributed by atoms with Gasteiger partial charge in [-0.2, -0.15) is 0 Å². The summed E-state index contributed by atoms with van der Waals surface area (Å²) >= 11 is 3.12. The molecule has 0 atom stereocenters. The van der Waals surface area contributed by atoms with Gasteiger partial charge in [-0.15, -0.1) is 11.8 Å². The van der Waals surface area contributed by atoms with Gasteiger partial charge in [0.15, 0.2) is 0 Å². The summed E-state index contributed by atoms with van der Waals surface area (Å²) < 4.78 is 26.4. The number of rotatable bonds is 13. The Morgan fingerprint density at radius 3 is 2.00 bits per heavy atom. The fourth-order valence-electron chi connectivity index (χ4n) is 5.35. The Kier molecular flexibility index (Phi) is 11.5. The predicted octanol–water partition coefficient (Wildman–Crippen LogP) is 7.19. The van der Waals surface area contributed by atoms with E-state index in [2.05, 4.69) is 52.6 Å². The molecule has 1 fully saturated rings. The first-order chi connectivity index (χ1) is 22.0. The van der Waals surface area contributed by atoms with Gasteiger partial charge < -0.3 is 4.90 Å². The minimum absolute atomic E-state index is 0.112. The number of sulfonamides is 1. The van der Waals surface area contributed by atoms with Gasteiger partial charge in [0.05, 0.1) is 4.90 Å². The van der Waals surface area contributed by atoms with E-state index in [1.54, 1.807) is 12.1 Å². The molecule has 0 saturated carbocycles.